The van der Waals surface area contributed by atoms with Crippen LogP contribution in [0.1, 0.15) is 31.7 Å². The Morgan fingerprint density at radius 3 is 2.71 bits per heavy atom. The minimum absolute atomic E-state index is 0.273. The van der Waals surface area contributed by atoms with Crippen LogP contribution in [0.15, 0.2) is 42.0 Å². The summed E-state index contributed by atoms with van der Waals surface area (Å²) in [5, 5.41) is 30.6. The third-order valence-electron chi connectivity index (χ3n) is 5.93. The highest BCUT2D eigenvalue weighted by molar-refractivity contribution is 5.35. The van der Waals surface area contributed by atoms with Crippen molar-refractivity contribution in [1.29, 1.82) is 5.26 Å². The summed E-state index contributed by atoms with van der Waals surface area (Å²) in [6, 6.07) is 11.1. The molecule has 0 radical (unpaired) electrons. The normalized spacial score (nSPS) is 35.4. The molecule has 2 aliphatic rings. The first-order chi connectivity index (χ1) is 13.5. The van der Waals surface area contributed by atoms with Gasteiger partial charge in [0.2, 0.25) is 0 Å². The van der Waals surface area contributed by atoms with Gasteiger partial charge in [0, 0.05) is 13.5 Å². The number of nitriles is 1. The first-order valence-corrected chi connectivity index (χ1v) is 9.53. The van der Waals surface area contributed by atoms with Crippen LogP contribution in [-0.2, 0) is 20.9 Å². The summed E-state index contributed by atoms with van der Waals surface area (Å²) < 4.78 is 11.9. The third-order valence-corrected chi connectivity index (χ3v) is 5.93. The molecule has 152 valence electrons. The number of hydrogen-bond acceptors (Lipinski definition) is 7. The number of hydroxylamine groups is 1. The Labute approximate surface area is 165 Å². The third kappa shape index (κ3) is 3.98. The van der Waals surface area contributed by atoms with E-state index in [9.17, 15) is 15.5 Å². The van der Waals surface area contributed by atoms with E-state index in [0.29, 0.717) is 31.4 Å². The number of nitrogens with one attached hydrogen (secondary N) is 1. The van der Waals surface area contributed by atoms with E-state index >= 15 is 0 Å². The van der Waals surface area contributed by atoms with E-state index in [0.717, 1.165) is 5.56 Å². The Balaban J connectivity index is 1.88. The predicted molar refractivity (Wildman–Crippen MR) is 102 cm³/mol. The fraction of sp³-hybridized carbons (Fsp3) is 0.571. The number of benzene rings is 1. The number of rotatable bonds is 6. The quantitative estimate of drug-likeness (QED) is 0.639. The minimum atomic E-state index is -0.997. The van der Waals surface area contributed by atoms with Crippen LogP contribution in [0.4, 0.5) is 0 Å². The molecule has 0 saturated carbocycles. The average molecular weight is 388 g/mol. The number of fused-ring (bicyclic) bond motifs is 1. The predicted octanol–water partition coefficient (Wildman–Crippen LogP) is 1.81. The average Bonchev–Trinajstić information content (AvgIpc) is 2.88. The van der Waals surface area contributed by atoms with Crippen LogP contribution in [0.3, 0.4) is 0 Å². The fourth-order valence-electron chi connectivity index (χ4n) is 4.08. The number of aliphatic hydroxyl groups is 2. The smallest absolute Gasteiger partial charge is 0.165 e. The summed E-state index contributed by atoms with van der Waals surface area (Å²) in [5.41, 5.74) is 3.30. The van der Waals surface area contributed by atoms with E-state index in [1.807, 2.05) is 37.3 Å². The van der Waals surface area contributed by atoms with E-state index in [-0.39, 0.29) is 6.61 Å². The second-order valence-corrected chi connectivity index (χ2v) is 7.67. The van der Waals surface area contributed by atoms with Crippen LogP contribution in [0, 0.1) is 16.7 Å². The van der Waals surface area contributed by atoms with Crippen molar-refractivity contribution < 1.29 is 24.5 Å². The Hall–Kier alpha value is -1.79. The zero-order valence-electron chi connectivity index (χ0n) is 16.3. The van der Waals surface area contributed by atoms with Gasteiger partial charge in [-0.15, -0.1) is 0 Å². The molecule has 1 aromatic rings. The molecule has 1 heterocycles. The minimum Gasteiger partial charge on any atom is -0.396 e. The molecule has 5 unspecified atom stereocenters. The highest BCUT2D eigenvalue weighted by atomic mass is 16.7. The molecular formula is C21H28N2O5. The van der Waals surface area contributed by atoms with Gasteiger partial charge in [0.1, 0.15) is 0 Å². The first kappa shape index (κ1) is 20.9. The van der Waals surface area contributed by atoms with E-state index in [2.05, 4.69) is 11.5 Å². The Bertz CT molecular complexity index is 734. The number of ether oxygens (including phenoxy) is 2. The zero-order valence-corrected chi connectivity index (χ0v) is 16.3. The molecule has 1 aliphatic carbocycles. The molecule has 1 fully saturated rings. The fourth-order valence-corrected chi connectivity index (χ4v) is 4.08. The van der Waals surface area contributed by atoms with Gasteiger partial charge in [-0.2, -0.15) is 10.7 Å². The Morgan fingerprint density at radius 1 is 1.32 bits per heavy atom. The van der Waals surface area contributed by atoms with E-state index in [1.165, 1.54) is 6.08 Å². The van der Waals surface area contributed by atoms with Crippen LogP contribution >= 0.6 is 0 Å². The summed E-state index contributed by atoms with van der Waals surface area (Å²) in [5.74, 6) is -0.876. The highest BCUT2D eigenvalue weighted by Crippen LogP contribution is 2.47. The van der Waals surface area contributed by atoms with Gasteiger partial charge in [0.25, 0.3) is 0 Å². The lowest BCUT2D eigenvalue weighted by Crippen LogP contribution is -2.61. The van der Waals surface area contributed by atoms with Crippen molar-refractivity contribution >= 4 is 0 Å². The maximum atomic E-state index is 10.8. The molecule has 3 N–H and O–H groups in total. The maximum Gasteiger partial charge on any atom is 0.165 e. The molecule has 0 bridgehead atoms. The first-order valence-electron chi connectivity index (χ1n) is 9.53. The zero-order chi connectivity index (χ0) is 20.2. The van der Waals surface area contributed by atoms with Crippen LogP contribution in [0.5, 0.6) is 0 Å². The van der Waals surface area contributed by atoms with Gasteiger partial charge in [-0.1, -0.05) is 30.3 Å². The summed E-state index contributed by atoms with van der Waals surface area (Å²) in [4.78, 5) is 5.68. The SMILES string of the molecule is COC1(C)CCCC2(CO)C(O)C=C(C#N)C(NOCc3ccccc3)C2O1. The number of methoxy groups -OCH3 is 1. The van der Waals surface area contributed by atoms with Crippen molar-refractivity contribution in [2.24, 2.45) is 5.41 Å². The Kier molecular flexibility index (Phi) is 6.50. The van der Waals surface area contributed by atoms with Gasteiger partial charge < -0.3 is 19.7 Å². The van der Waals surface area contributed by atoms with Crippen LogP contribution < -0.4 is 5.48 Å². The molecule has 3 rings (SSSR count). The molecule has 0 spiro atoms. The van der Waals surface area contributed by atoms with Crippen molar-refractivity contribution in [2.75, 3.05) is 13.7 Å². The summed E-state index contributed by atoms with van der Waals surface area (Å²) in [7, 11) is 1.57. The van der Waals surface area contributed by atoms with Crippen molar-refractivity contribution in [3.05, 3.63) is 47.5 Å². The molecular weight excluding hydrogens is 360 g/mol. The molecule has 0 amide bonds. The van der Waals surface area contributed by atoms with E-state index in [4.69, 9.17) is 14.3 Å². The number of aliphatic hydroxyl groups excluding tert-OH is 2. The second-order valence-electron chi connectivity index (χ2n) is 7.67. The summed E-state index contributed by atoms with van der Waals surface area (Å²) in [6.07, 6.45) is 1.67. The van der Waals surface area contributed by atoms with Gasteiger partial charge in [0.05, 0.1) is 48.5 Å². The van der Waals surface area contributed by atoms with Crippen LogP contribution in [0.25, 0.3) is 0 Å². The van der Waals surface area contributed by atoms with E-state index < -0.39 is 29.5 Å². The van der Waals surface area contributed by atoms with Gasteiger partial charge in [-0.05, 0) is 31.4 Å². The monoisotopic (exact) mass is 388 g/mol. The standard InChI is InChI=1S/C21H28N2O5/c1-20(26-2)9-6-10-21(14-24)17(25)11-16(12-22)18(19(21)28-20)23-27-13-15-7-4-3-5-8-15/h3-5,7-8,11,17-19,23-25H,6,9-10,13-14H2,1-2H3. The molecule has 1 aromatic carbocycles. The Morgan fingerprint density at radius 2 is 2.07 bits per heavy atom. The van der Waals surface area contributed by atoms with E-state index in [1.54, 1.807) is 7.11 Å². The molecule has 5 atom stereocenters. The highest BCUT2D eigenvalue weighted by Gasteiger charge is 2.56. The van der Waals surface area contributed by atoms with Gasteiger partial charge in [-0.3, -0.25) is 4.84 Å². The number of hydrogen-bond donors (Lipinski definition) is 3. The van der Waals surface area contributed by atoms with Crippen molar-refractivity contribution in [1.82, 2.24) is 5.48 Å². The summed E-state index contributed by atoms with van der Waals surface area (Å²) >= 11 is 0. The van der Waals surface area contributed by atoms with Crippen molar-refractivity contribution in [3.8, 4) is 6.07 Å². The van der Waals surface area contributed by atoms with Crippen LogP contribution in [-0.4, -0.2) is 48.0 Å². The van der Waals surface area contributed by atoms with Crippen LogP contribution in [0.2, 0.25) is 0 Å². The molecule has 28 heavy (non-hydrogen) atoms. The molecule has 0 aromatic heterocycles. The molecule has 7 nitrogen and oxygen atoms in total. The molecule has 1 aliphatic heterocycles. The van der Waals surface area contributed by atoms with Gasteiger partial charge >= 0.3 is 0 Å². The molecule has 1 saturated heterocycles. The maximum absolute atomic E-state index is 10.8. The molecule has 7 heteroatoms. The summed E-state index contributed by atoms with van der Waals surface area (Å²) in [6.45, 7) is 1.86. The van der Waals surface area contributed by atoms with Crippen molar-refractivity contribution in [3.63, 3.8) is 0 Å². The lowest BCUT2D eigenvalue weighted by atomic mass is 9.67. The lowest BCUT2D eigenvalue weighted by Gasteiger charge is -2.48. The largest absolute Gasteiger partial charge is 0.396 e. The topological polar surface area (TPSA) is 104 Å². The van der Waals surface area contributed by atoms with Gasteiger partial charge in [-0.25, -0.2) is 0 Å². The van der Waals surface area contributed by atoms with Crippen molar-refractivity contribution in [2.45, 2.75) is 56.8 Å². The van der Waals surface area contributed by atoms with Gasteiger partial charge in [0.15, 0.2) is 5.79 Å². The number of nitrogens with zero attached hydrogens (tertiary/aromatic N) is 1. The second kappa shape index (κ2) is 8.70. The lowest BCUT2D eigenvalue weighted by molar-refractivity contribution is -0.269.